The van der Waals surface area contributed by atoms with Crippen LogP contribution < -0.4 is 4.72 Å². The van der Waals surface area contributed by atoms with Crippen molar-refractivity contribution in [2.45, 2.75) is 25.3 Å². The number of Topliss-reactive ketones (excluding diaryl/α,β-unsaturated/α-hetero) is 1. The number of sulfonamides is 1. The van der Waals surface area contributed by atoms with Gasteiger partial charge in [-0.25, -0.2) is 13.1 Å². The number of nitrogens with one attached hydrogen (secondary N) is 1. The molecule has 1 heterocycles. The molecule has 0 bridgehead atoms. The van der Waals surface area contributed by atoms with Crippen molar-refractivity contribution in [2.75, 3.05) is 5.75 Å². The summed E-state index contributed by atoms with van der Waals surface area (Å²) in [5.74, 6) is 0.0456. The highest BCUT2D eigenvalue weighted by Crippen LogP contribution is 2.12. The minimum absolute atomic E-state index is 0. The van der Waals surface area contributed by atoms with Crippen LogP contribution in [0.25, 0.3) is 0 Å². The van der Waals surface area contributed by atoms with Crippen molar-refractivity contribution in [3.63, 3.8) is 0 Å². The number of carbonyl (C=O) groups is 1. The Morgan fingerprint density at radius 2 is 1.94 bits per heavy atom. The average molecular weight is 290 g/mol. The highest BCUT2D eigenvalue weighted by Gasteiger charge is 2.31. The molecular formula is C12H16ClNO3S. The van der Waals surface area contributed by atoms with Crippen molar-refractivity contribution in [1.82, 2.24) is 4.72 Å². The van der Waals surface area contributed by atoms with Crippen LogP contribution in [0, 0.1) is 0 Å². The monoisotopic (exact) mass is 289 g/mol. The lowest BCUT2D eigenvalue weighted by atomic mass is 10.0. The van der Waals surface area contributed by atoms with E-state index in [-0.39, 0.29) is 23.9 Å². The highest BCUT2D eigenvalue weighted by molar-refractivity contribution is 7.89. The van der Waals surface area contributed by atoms with E-state index < -0.39 is 16.1 Å². The van der Waals surface area contributed by atoms with Crippen molar-refractivity contribution >= 4 is 28.2 Å². The minimum Gasteiger partial charge on any atom is -0.298 e. The maximum Gasteiger partial charge on any atom is 0.212 e. The molecule has 6 heteroatoms. The molecule has 1 N–H and O–H groups in total. The predicted octanol–water partition coefficient (Wildman–Crippen LogP) is 1.30. The minimum atomic E-state index is -3.19. The smallest absolute Gasteiger partial charge is 0.212 e. The number of hydrogen-bond acceptors (Lipinski definition) is 3. The van der Waals surface area contributed by atoms with Crippen molar-refractivity contribution in [3.05, 3.63) is 35.9 Å². The molecule has 1 aromatic rings. The van der Waals surface area contributed by atoms with E-state index in [1.165, 1.54) is 0 Å². The molecule has 0 saturated carbocycles. The Labute approximate surface area is 113 Å². The molecule has 0 aromatic heterocycles. The molecule has 100 valence electrons. The number of hydrogen-bond donors (Lipinski definition) is 1. The topological polar surface area (TPSA) is 63.2 Å². The summed E-state index contributed by atoms with van der Waals surface area (Å²) in [6.07, 6.45) is 1.45. The molecule has 1 unspecified atom stereocenters. The summed E-state index contributed by atoms with van der Waals surface area (Å²) < 4.78 is 24.7. The van der Waals surface area contributed by atoms with Crippen LogP contribution in [0.4, 0.5) is 0 Å². The summed E-state index contributed by atoms with van der Waals surface area (Å²) in [5.41, 5.74) is 1.10. The molecule has 1 atom stereocenters. The fraction of sp³-hybridized carbons (Fsp3) is 0.417. The molecular weight excluding hydrogens is 274 g/mol. The van der Waals surface area contributed by atoms with E-state index in [0.717, 1.165) is 5.56 Å². The summed E-state index contributed by atoms with van der Waals surface area (Å²) in [5, 5.41) is 0. The Morgan fingerprint density at radius 1 is 1.28 bits per heavy atom. The van der Waals surface area contributed by atoms with Crippen molar-refractivity contribution in [3.8, 4) is 0 Å². The molecule has 2 rings (SSSR count). The number of carbonyl (C=O) groups excluding carboxylic acids is 1. The summed E-state index contributed by atoms with van der Waals surface area (Å²) in [6.45, 7) is 0. The van der Waals surface area contributed by atoms with Crippen LogP contribution in [0.3, 0.4) is 0 Å². The molecule has 0 spiro atoms. The Morgan fingerprint density at radius 3 is 2.50 bits per heavy atom. The molecule has 1 saturated heterocycles. The lowest BCUT2D eigenvalue weighted by Gasteiger charge is -2.07. The first-order valence-corrected chi connectivity index (χ1v) is 7.29. The van der Waals surface area contributed by atoms with Gasteiger partial charge in [0.2, 0.25) is 10.0 Å². The molecule has 18 heavy (non-hydrogen) atoms. The van der Waals surface area contributed by atoms with Gasteiger partial charge in [-0.3, -0.25) is 4.79 Å². The Hall–Kier alpha value is -0.910. The average Bonchev–Trinajstić information content (AvgIpc) is 2.68. The SMILES string of the molecule is Cl.O=C(CCc1ccccc1)C1CCS(=O)(=O)N1. The van der Waals surface area contributed by atoms with Gasteiger partial charge in [0.25, 0.3) is 0 Å². The summed E-state index contributed by atoms with van der Waals surface area (Å²) >= 11 is 0. The van der Waals surface area contributed by atoms with Crippen molar-refractivity contribution in [1.29, 1.82) is 0 Å². The van der Waals surface area contributed by atoms with Gasteiger partial charge in [-0.15, -0.1) is 12.4 Å². The van der Waals surface area contributed by atoms with Gasteiger partial charge >= 0.3 is 0 Å². The standard InChI is InChI=1S/C12H15NO3S.ClH/c14-12(11-8-9-17(15,16)13-11)7-6-10-4-2-1-3-5-10;/h1-5,11,13H,6-9H2;1H. The lowest BCUT2D eigenvalue weighted by Crippen LogP contribution is -2.33. The summed E-state index contributed by atoms with van der Waals surface area (Å²) in [7, 11) is -3.19. The summed E-state index contributed by atoms with van der Waals surface area (Å²) in [6, 6.07) is 9.20. The van der Waals surface area contributed by atoms with Crippen LogP contribution in [-0.2, 0) is 21.2 Å². The molecule has 0 radical (unpaired) electrons. The molecule has 0 aliphatic carbocycles. The normalized spacial score (nSPS) is 21.2. The Balaban J connectivity index is 0.00000162. The van der Waals surface area contributed by atoms with E-state index in [2.05, 4.69) is 4.72 Å². The van der Waals surface area contributed by atoms with Gasteiger partial charge in [-0.1, -0.05) is 30.3 Å². The molecule has 1 fully saturated rings. The number of aryl methyl sites for hydroxylation is 1. The van der Waals surface area contributed by atoms with Crippen LogP contribution in [-0.4, -0.2) is 26.0 Å². The third-order valence-electron chi connectivity index (χ3n) is 2.89. The number of ketones is 1. The molecule has 4 nitrogen and oxygen atoms in total. The second-order valence-electron chi connectivity index (χ2n) is 4.23. The molecule has 1 aliphatic heterocycles. The van der Waals surface area contributed by atoms with E-state index in [1.807, 2.05) is 30.3 Å². The van der Waals surface area contributed by atoms with Crippen LogP contribution in [0.2, 0.25) is 0 Å². The Bertz CT molecular complexity index is 501. The maximum atomic E-state index is 11.8. The zero-order valence-electron chi connectivity index (χ0n) is 9.83. The fourth-order valence-corrected chi connectivity index (χ4v) is 3.27. The third kappa shape index (κ3) is 4.08. The van der Waals surface area contributed by atoms with Gasteiger partial charge in [-0.05, 0) is 18.4 Å². The predicted molar refractivity (Wildman–Crippen MR) is 72.3 cm³/mol. The largest absolute Gasteiger partial charge is 0.298 e. The van der Waals surface area contributed by atoms with Crippen LogP contribution >= 0.6 is 12.4 Å². The molecule has 1 aromatic carbocycles. The van der Waals surface area contributed by atoms with E-state index >= 15 is 0 Å². The van der Waals surface area contributed by atoms with Gasteiger partial charge in [0.05, 0.1) is 11.8 Å². The van der Waals surface area contributed by atoms with Crippen LogP contribution in [0.5, 0.6) is 0 Å². The van der Waals surface area contributed by atoms with E-state index in [4.69, 9.17) is 0 Å². The third-order valence-corrected chi connectivity index (χ3v) is 4.31. The lowest BCUT2D eigenvalue weighted by molar-refractivity contribution is -0.120. The van der Waals surface area contributed by atoms with E-state index in [9.17, 15) is 13.2 Å². The van der Waals surface area contributed by atoms with E-state index in [0.29, 0.717) is 19.3 Å². The first kappa shape index (κ1) is 15.1. The maximum absolute atomic E-state index is 11.8. The van der Waals surface area contributed by atoms with Crippen LogP contribution in [0.15, 0.2) is 30.3 Å². The first-order valence-electron chi connectivity index (χ1n) is 5.63. The van der Waals surface area contributed by atoms with Gasteiger partial charge < -0.3 is 0 Å². The summed E-state index contributed by atoms with van der Waals surface area (Å²) in [4.78, 5) is 11.8. The van der Waals surface area contributed by atoms with Crippen LogP contribution in [0.1, 0.15) is 18.4 Å². The zero-order chi connectivity index (χ0) is 12.3. The van der Waals surface area contributed by atoms with E-state index in [1.54, 1.807) is 0 Å². The van der Waals surface area contributed by atoms with Gasteiger partial charge in [0.15, 0.2) is 5.78 Å². The second-order valence-corrected chi connectivity index (χ2v) is 6.10. The van der Waals surface area contributed by atoms with Gasteiger partial charge in [0.1, 0.15) is 0 Å². The van der Waals surface area contributed by atoms with Crippen molar-refractivity contribution in [2.24, 2.45) is 0 Å². The number of benzene rings is 1. The second kappa shape index (κ2) is 6.31. The highest BCUT2D eigenvalue weighted by atomic mass is 35.5. The first-order chi connectivity index (χ1) is 8.07. The van der Waals surface area contributed by atoms with Crippen molar-refractivity contribution < 1.29 is 13.2 Å². The molecule has 1 aliphatic rings. The Kier molecular flexibility index (Phi) is 5.31. The van der Waals surface area contributed by atoms with Gasteiger partial charge in [-0.2, -0.15) is 0 Å². The van der Waals surface area contributed by atoms with Gasteiger partial charge in [0, 0.05) is 6.42 Å². The number of rotatable bonds is 4. The quantitative estimate of drug-likeness (QED) is 0.909. The molecule has 0 amide bonds. The number of halogens is 1. The zero-order valence-corrected chi connectivity index (χ0v) is 11.5. The fourth-order valence-electron chi connectivity index (χ4n) is 1.92.